The molecule has 2 aliphatic rings. The van der Waals surface area contributed by atoms with Crippen molar-refractivity contribution in [2.45, 2.75) is 13.3 Å². The summed E-state index contributed by atoms with van der Waals surface area (Å²) >= 11 is 6.47. The maximum Gasteiger partial charge on any atom is 0.250 e. The Labute approximate surface area is 167 Å². The molecule has 2 aromatic rings. The number of benzene rings is 1. The van der Waals surface area contributed by atoms with Crippen molar-refractivity contribution in [1.82, 2.24) is 9.88 Å². The third kappa shape index (κ3) is 2.85. The number of rotatable bonds is 3. The molecule has 2 amide bonds. The molecule has 2 fully saturated rings. The number of aryl methyl sites for hydroxylation is 1. The molecule has 8 heteroatoms. The Morgan fingerprint density at radius 3 is 2.75 bits per heavy atom. The average molecular weight is 405 g/mol. The van der Waals surface area contributed by atoms with Crippen molar-refractivity contribution in [2.24, 2.45) is 17.6 Å². The van der Waals surface area contributed by atoms with Gasteiger partial charge >= 0.3 is 0 Å². The molecule has 0 spiro atoms. The number of aromatic amines is 1. The van der Waals surface area contributed by atoms with Crippen molar-refractivity contribution in [1.29, 1.82) is 0 Å². The Hall–Kier alpha value is -2.54. The Bertz CT molecular complexity index is 1000. The first-order valence-corrected chi connectivity index (χ1v) is 9.66. The Kier molecular flexibility index (Phi) is 4.57. The Morgan fingerprint density at radius 2 is 2.07 bits per heavy atom. The van der Waals surface area contributed by atoms with Gasteiger partial charge in [0.15, 0.2) is 0 Å². The number of anilines is 1. The number of carbonyl (C=O) groups excluding carboxylic acids is 2. The zero-order valence-electron chi connectivity index (χ0n) is 15.6. The summed E-state index contributed by atoms with van der Waals surface area (Å²) in [5.74, 6) is -0.641. The van der Waals surface area contributed by atoms with E-state index in [9.17, 15) is 9.59 Å². The highest BCUT2D eigenvalue weighted by Gasteiger charge is 2.39. The van der Waals surface area contributed by atoms with Gasteiger partial charge in [0.1, 0.15) is 5.82 Å². The van der Waals surface area contributed by atoms with Crippen molar-refractivity contribution >= 4 is 40.0 Å². The van der Waals surface area contributed by atoms with Crippen molar-refractivity contribution in [3.05, 3.63) is 40.8 Å². The minimum Gasteiger partial charge on any atom is -0.368 e. The highest BCUT2D eigenvalue weighted by Crippen LogP contribution is 2.42. The summed E-state index contributed by atoms with van der Waals surface area (Å²) in [7, 11) is 0. The average Bonchev–Trinajstić information content (AvgIpc) is 3.22. The number of likely N-dealkylation sites (tertiary alicyclic amines) is 1. The zero-order chi connectivity index (χ0) is 20.2. The van der Waals surface area contributed by atoms with Gasteiger partial charge < -0.3 is 20.5 Å². The number of hydrogen-bond donors (Lipinski definition) is 2. The molecule has 0 aliphatic carbocycles. The van der Waals surface area contributed by atoms with Crippen LogP contribution >= 0.6 is 11.6 Å². The highest BCUT2D eigenvalue weighted by molar-refractivity contribution is 6.38. The summed E-state index contributed by atoms with van der Waals surface area (Å²) in [6, 6.07) is 1.18. The summed E-state index contributed by atoms with van der Waals surface area (Å²) in [4.78, 5) is 30.6. The molecule has 2 unspecified atom stereocenters. The maximum atomic E-state index is 15.1. The van der Waals surface area contributed by atoms with Crippen molar-refractivity contribution in [2.75, 3.05) is 31.1 Å². The van der Waals surface area contributed by atoms with Gasteiger partial charge in [-0.15, -0.1) is 0 Å². The number of nitrogens with two attached hydrogens (primary N) is 1. The molecule has 0 bridgehead atoms. The van der Waals surface area contributed by atoms with E-state index < -0.39 is 11.7 Å². The normalized spacial score (nSPS) is 21.8. The number of amides is 2. The van der Waals surface area contributed by atoms with Crippen LogP contribution in [0.15, 0.2) is 18.7 Å². The first-order chi connectivity index (χ1) is 13.3. The molecule has 3 N–H and O–H groups in total. The van der Waals surface area contributed by atoms with Crippen LogP contribution < -0.4 is 10.6 Å². The third-order valence-corrected chi connectivity index (χ3v) is 6.46. The van der Waals surface area contributed by atoms with E-state index in [4.69, 9.17) is 17.3 Å². The van der Waals surface area contributed by atoms with Crippen LogP contribution in [-0.4, -0.2) is 47.9 Å². The van der Waals surface area contributed by atoms with E-state index in [0.29, 0.717) is 59.4 Å². The zero-order valence-corrected chi connectivity index (χ0v) is 16.4. The molecule has 148 valence electrons. The second-order valence-electron chi connectivity index (χ2n) is 7.63. The lowest BCUT2D eigenvalue weighted by molar-refractivity contribution is -0.125. The summed E-state index contributed by atoms with van der Waals surface area (Å²) in [5, 5.41) is 0.882. The number of nitrogens with one attached hydrogen (secondary N) is 1. The van der Waals surface area contributed by atoms with Gasteiger partial charge in [-0.25, -0.2) is 4.39 Å². The fourth-order valence-corrected chi connectivity index (χ4v) is 4.83. The predicted molar refractivity (Wildman–Crippen MR) is 107 cm³/mol. The van der Waals surface area contributed by atoms with E-state index in [1.54, 1.807) is 11.8 Å². The summed E-state index contributed by atoms with van der Waals surface area (Å²) < 4.78 is 15.1. The molecule has 0 saturated carbocycles. The topological polar surface area (TPSA) is 82.4 Å². The van der Waals surface area contributed by atoms with Gasteiger partial charge in [-0.05, 0) is 37.3 Å². The number of hydrogen-bond acceptors (Lipinski definition) is 3. The molecule has 1 aromatic carbocycles. The fourth-order valence-electron chi connectivity index (χ4n) is 4.60. The number of aromatic nitrogens is 1. The number of halogens is 2. The number of piperidine rings is 1. The molecule has 2 aliphatic heterocycles. The molecule has 4 rings (SSSR count). The lowest BCUT2D eigenvalue weighted by atomic mass is 9.88. The van der Waals surface area contributed by atoms with E-state index in [-0.39, 0.29) is 17.4 Å². The number of carbonyl (C=O) groups is 2. The van der Waals surface area contributed by atoms with Gasteiger partial charge in [-0.3, -0.25) is 9.59 Å². The van der Waals surface area contributed by atoms with Gasteiger partial charge in [0.05, 0.1) is 21.8 Å². The molecule has 1 aromatic heterocycles. The van der Waals surface area contributed by atoms with Crippen LogP contribution in [0.3, 0.4) is 0 Å². The van der Waals surface area contributed by atoms with Gasteiger partial charge in [0, 0.05) is 37.3 Å². The number of H-pyrrole nitrogens is 1. The Balaban J connectivity index is 1.73. The summed E-state index contributed by atoms with van der Waals surface area (Å²) in [6.45, 7) is 7.95. The van der Waals surface area contributed by atoms with Crippen molar-refractivity contribution in [3.8, 4) is 0 Å². The molecule has 2 atom stereocenters. The number of nitrogens with zero attached hydrogens (tertiary/aromatic N) is 2. The van der Waals surface area contributed by atoms with Gasteiger partial charge in [0.2, 0.25) is 5.91 Å². The third-order valence-electron chi connectivity index (χ3n) is 5.98. The SMILES string of the molecule is C=CC(=O)N1CC2CCN(c3c(F)cc(C(N)=O)c4[nH]c(C)c(Cl)c34)CC2C1. The molecule has 2 saturated heterocycles. The van der Waals surface area contributed by atoms with Crippen LogP contribution in [0.25, 0.3) is 10.9 Å². The van der Waals surface area contributed by atoms with Crippen LogP contribution in [0.1, 0.15) is 22.5 Å². The van der Waals surface area contributed by atoms with Crippen LogP contribution in [0.2, 0.25) is 5.02 Å². The smallest absolute Gasteiger partial charge is 0.250 e. The second-order valence-corrected chi connectivity index (χ2v) is 8.01. The van der Waals surface area contributed by atoms with Crippen LogP contribution in [0, 0.1) is 24.6 Å². The van der Waals surface area contributed by atoms with Gasteiger partial charge in [0.25, 0.3) is 5.91 Å². The van der Waals surface area contributed by atoms with Crippen molar-refractivity contribution in [3.63, 3.8) is 0 Å². The predicted octanol–water partition coefficient (Wildman–Crippen LogP) is 2.84. The van der Waals surface area contributed by atoms with Crippen LogP contribution in [0.5, 0.6) is 0 Å². The monoisotopic (exact) mass is 404 g/mol. The molecular weight excluding hydrogens is 383 g/mol. The minimum absolute atomic E-state index is 0.0652. The molecule has 28 heavy (non-hydrogen) atoms. The lowest BCUT2D eigenvalue weighted by Gasteiger charge is -2.36. The van der Waals surface area contributed by atoms with E-state index >= 15 is 4.39 Å². The van der Waals surface area contributed by atoms with E-state index in [1.165, 1.54) is 12.1 Å². The van der Waals surface area contributed by atoms with E-state index in [1.807, 2.05) is 4.90 Å². The molecular formula is C20H22ClFN4O2. The summed E-state index contributed by atoms with van der Waals surface area (Å²) in [6.07, 6.45) is 2.19. The van der Waals surface area contributed by atoms with Gasteiger partial charge in [-0.1, -0.05) is 18.2 Å². The largest absolute Gasteiger partial charge is 0.368 e. The van der Waals surface area contributed by atoms with E-state index in [0.717, 1.165) is 6.42 Å². The standard InChI is InChI=1S/C20H22ClFN4O2/c1-3-15(27)26-7-11-4-5-25(8-12(11)9-26)19-14(22)6-13(20(23)28)18-16(19)17(21)10(2)24-18/h3,6,11-12,24H,1,4-5,7-9H2,2H3,(H2,23,28). The fraction of sp³-hybridized carbons (Fsp3) is 0.400. The van der Waals surface area contributed by atoms with E-state index in [2.05, 4.69) is 11.6 Å². The van der Waals surface area contributed by atoms with Crippen LogP contribution in [-0.2, 0) is 4.79 Å². The second kappa shape index (κ2) is 6.81. The highest BCUT2D eigenvalue weighted by atomic mass is 35.5. The molecule has 0 radical (unpaired) electrons. The first kappa shape index (κ1) is 18.8. The maximum absolute atomic E-state index is 15.1. The molecule has 3 heterocycles. The van der Waals surface area contributed by atoms with Crippen LogP contribution in [0.4, 0.5) is 10.1 Å². The summed E-state index contributed by atoms with van der Waals surface area (Å²) in [5.41, 5.74) is 7.03. The minimum atomic E-state index is -0.707. The van der Waals surface area contributed by atoms with Gasteiger partial charge in [-0.2, -0.15) is 0 Å². The van der Waals surface area contributed by atoms with Crippen molar-refractivity contribution < 1.29 is 14.0 Å². The first-order valence-electron chi connectivity index (χ1n) is 9.28. The number of primary amides is 1. The quantitative estimate of drug-likeness (QED) is 0.772. The Morgan fingerprint density at radius 1 is 1.36 bits per heavy atom. The molecule has 6 nitrogen and oxygen atoms in total. The number of fused-ring (bicyclic) bond motifs is 2. The lowest BCUT2D eigenvalue weighted by Crippen LogP contribution is -2.40.